The summed E-state index contributed by atoms with van der Waals surface area (Å²) in [5.41, 5.74) is 5.78. The molecule has 21 heavy (non-hydrogen) atoms. The molecule has 0 aromatic carbocycles. The SMILES string of the molecule is COC1CC(Nc2nc(N)nc(-n3ccnc3)n2)C1(C)C. The second-order valence-electron chi connectivity index (χ2n) is 5.77. The van der Waals surface area contributed by atoms with Crippen LogP contribution in [0.15, 0.2) is 18.7 Å². The van der Waals surface area contributed by atoms with E-state index in [0.29, 0.717) is 11.9 Å². The van der Waals surface area contributed by atoms with E-state index in [2.05, 4.69) is 39.1 Å². The first-order chi connectivity index (χ1) is 10.0. The molecule has 8 nitrogen and oxygen atoms in total. The molecule has 1 aliphatic carbocycles. The van der Waals surface area contributed by atoms with Crippen LogP contribution in [0, 0.1) is 5.41 Å². The fraction of sp³-hybridized carbons (Fsp3) is 0.538. The number of methoxy groups -OCH3 is 1. The number of nitrogens with two attached hydrogens (primary N) is 1. The average Bonchev–Trinajstić information content (AvgIpc) is 2.96. The summed E-state index contributed by atoms with van der Waals surface area (Å²) in [7, 11) is 1.74. The van der Waals surface area contributed by atoms with Gasteiger partial charge in [-0.1, -0.05) is 13.8 Å². The zero-order valence-electron chi connectivity index (χ0n) is 12.3. The lowest BCUT2D eigenvalue weighted by Crippen LogP contribution is -2.57. The van der Waals surface area contributed by atoms with Gasteiger partial charge in [0.05, 0.1) is 6.10 Å². The second kappa shape index (κ2) is 4.96. The molecule has 0 bridgehead atoms. The third-order valence-corrected chi connectivity index (χ3v) is 4.14. The molecule has 0 radical (unpaired) electrons. The standard InChI is InChI=1S/C13H19N7O/c1-13(2)8(6-9(13)21-3)16-11-17-10(14)18-12(19-11)20-5-4-15-7-20/h4-5,7-9H,6H2,1-3H3,(H3,14,16,17,18,19). The Morgan fingerprint density at radius 1 is 1.38 bits per heavy atom. The van der Waals surface area contributed by atoms with Gasteiger partial charge in [-0.3, -0.25) is 4.57 Å². The van der Waals surface area contributed by atoms with E-state index in [0.717, 1.165) is 6.42 Å². The van der Waals surface area contributed by atoms with Gasteiger partial charge in [0.25, 0.3) is 0 Å². The predicted octanol–water partition coefficient (Wildman–Crippen LogP) is 0.865. The normalized spacial score (nSPS) is 23.6. The van der Waals surface area contributed by atoms with E-state index in [-0.39, 0.29) is 23.5 Å². The first-order valence-corrected chi connectivity index (χ1v) is 6.80. The summed E-state index contributed by atoms with van der Waals surface area (Å²) in [6.45, 7) is 4.31. The Labute approximate surface area is 122 Å². The number of hydrogen-bond donors (Lipinski definition) is 2. The number of imidazole rings is 1. The Morgan fingerprint density at radius 2 is 2.19 bits per heavy atom. The van der Waals surface area contributed by atoms with E-state index in [1.807, 2.05) is 0 Å². The van der Waals surface area contributed by atoms with Crippen LogP contribution in [0.25, 0.3) is 5.95 Å². The topological polar surface area (TPSA) is 104 Å². The quantitative estimate of drug-likeness (QED) is 0.860. The van der Waals surface area contributed by atoms with Crippen LogP contribution in [-0.2, 0) is 4.74 Å². The summed E-state index contributed by atoms with van der Waals surface area (Å²) in [6, 6.07) is 0.236. The van der Waals surface area contributed by atoms with E-state index < -0.39 is 0 Å². The Hall–Kier alpha value is -2.22. The molecule has 2 heterocycles. The molecule has 0 amide bonds. The third kappa shape index (κ3) is 2.42. The Balaban J connectivity index is 1.81. The van der Waals surface area contributed by atoms with Crippen LogP contribution in [0.4, 0.5) is 11.9 Å². The maximum atomic E-state index is 5.76. The number of anilines is 2. The van der Waals surface area contributed by atoms with Gasteiger partial charge in [0.15, 0.2) is 0 Å². The fourth-order valence-electron chi connectivity index (χ4n) is 2.62. The van der Waals surface area contributed by atoms with Gasteiger partial charge in [-0.25, -0.2) is 4.98 Å². The number of nitrogen functional groups attached to an aromatic ring is 1. The molecule has 8 heteroatoms. The molecule has 112 valence electrons. The van der Waals surface area contributed by atoms with Crippen LogP contribution in [0.1, 0.15) is 20.3 Å². The summed E-state index contributed by atoms with van der Waals surface area (Å²) in [4.78, 5) is 16.6. The van der Waals surface area contributed by atoms with Crippen LogP contribution in [-0.4, -0.2) is 43.8 Å². The summed E-state index contributed by atoms with van der Waals surface area (Å²) >= 11 is 0. The van der Waals surface area contributed by atoms with Gasteiger partial charge in [-0.05, 0) is 6.42 Å². The minimum atomic E-state index is 0.0192. The lowest BCUT2D eigenvalue weighted by molar-refractivity contribution is -0.0796. The van der Waals surface area contributed by atoms with E-state index in [9.17, 15) is 0 Å². The van der Waals surface area contributed by atoms with Crippen molar-refractivity contribution in [3.63, 3.8) is 0 Å². The average molecular weight is 289 g/mol. The lowest BCUT2D eigenvalue weighted by Gasteiger charge is -2.51. The van der Waals surface area contributed by atoms with E-state index >= 15 is 0 Å². The van der Waals surface area contributed by atoms with Crippen LogP contribution in [0.5, 0.6) is 0 Å². The predicted molar refractivity (Wildman–Crippen MR) is 78.0 cm³/mol. The van der Waals surface area contributed by atoms with Gasteiger partial charge >= 0.3 is 0 Å². The Kier molecular flexibility index (Phi) is 3.25. The molecule has 0 spiro atoms. The van der Waals surface area contributed by atoms with Crippen molar-refractivity contribution in [1.82, 2.24) is 24.5 Å². The fourth-order valence-corrected chi connectivity index (χ4v) is 2.62. The monoisotopic (exact) mass is 289 g/mol. The van der Waals surface area contributed by atoms with Crippen LogP contribution < -0.4 is 11.1 Å². The van der Waals surface area contributed by atoms with Crippen molar-refractivity contribution in [2.24, 2.45) is 5.41 Å². The minimum Gasteiger partial charge on any atom is -0.381 e. The van der Waals surface area contributed by atoms with Gasteiger partial charge < -0.3 is 15.8 Å². The number of ether oxygens (including phenoxy) is 1. The molecule has 2 unspecified atom stereocenters. The summed E-state index contributed by atoms with van der Waals surface area (Å²) < 4.78 is 7.13. The molecule has 0 aliphatic heterocycles. The van der Waals surface area contributed by atoms with E-state index in [1.54, 1.807) is 30.4 Å². The molecule has 1 fully saturated rings. The van der Waals surface area contributed by atoms with Crippen LogP contribution in [0.2, 0.25) is 0 Å². The number of nitrogens with zero attached hydrogens (tertiary/aromatic N) is 5. The summed E-state index contributed by atoms with van der Waals surface area (Å²) in [5.74, 6) is 1.10. The largest absolute Gasteiger partial charge is 0.381 e. The molecular weight excluding hydrogens is 270 g/mol. The van der Waals surface area contributed by atoms with Crippen LogP contribution >= 0.6 is 0 Å². The van der Waals surface area contributed by atoms with Gasteiger partial charge in [0.1, 0.15) is 6.33 Å². The minimum absolute atomic E-state index is 0.0192. The van der Waals surface area contributed by atoms with E-state index in [4.69, 9.17) is 10.5 Å². The second-order valence-corrected chi connectivity index (χ2v) is 5.77. The highest BCUT2D eigenvalue weighted by Crippen LogP contribution is 2.43. The lowest BCUT2D eigenvalue weighted by atomic mass is 9.64. The molecule has 3 N–H and O–H groups in total. The third-order valence-electron chi connectivity index (χ3n) is 4.14. The maximum Gasteiger partial charge on any atom is 0.241 e. The van der Waals surface area contributed by atoms with Crippen molar-refractivity contribution in [3.8, 4) is 5.95 Å². The molecule has 0 saturated heterocycles. The van der Waals surface area contributed by atoms with Crippen molar-refractivity contribution in [3.05, 3.63) is 18.7 Å². The number of aromatic nitrogens is 5. The molecule has 2 aromatic heterocycles. The first kappa shape index (κ1) is 13.7. The van der Waals surface area contributed by atoms with Crippen LogP contribution in [0.3, 0.4) is 0 Å². The van der Waals surface area contributed by atoms with Crippen molar-refractivity contribution >= 4 is 11.9 Å². The van der Waals surface area contributed by atoms with E-state index in [1.165, 1.54) is 0 Å². The molecule has 1 saturated carbocycles. The highest BCUT2D eigenvalue weighted by atomic mass is 16.5. The molecular formula is C13H19N7O. The van der Waals surface area contributed by atoms with Gasteiger partial charge in [0.2, 0.25) is 17.8 Å². The zero-order chi connectivity index (χ0) is 15.0. The summed E-state index contributed by atoms with van der Waals surface area (Å²) in [5, 5.41) is 3.32. The Bertz CT molecular complexity index is 625. The highest BCUT2D eigenvalue weighted by molar-refractivity contribution is 5.37. The zero-order valence-corrected chi connectivity index (χ0v) is 12.3. The first-order valence-electron chi connectivity index (χ1n) is 6.80. The maximum absolute atomic E-state index is 5.76. The van der Waals surface area contributed by atoms with Gasteiger partial charge in [0, 0.05) is 31.0 Å². The highest BCUT2D eigenvalue weighted by Gasteiger charge is 2.48. The molecule has 2 atom stereocenters. The van der Waals surface area contributed by atoms with Crippen molar-refractivity contribution in [2.45, 2.75) is 32.4 Å². The van der Waals surface area contributed by atoms with Gasteiger partial charge in [-0.2, -0.15) is 15.0 Å². The van der Waals surface area contributed by atoms with Crippen molar-refractivity contribution in [1.29, 1.82) is 0 Å². The van der Waals surface area contributed by atoms with Crippen molar-refractivity contribution in [2.75, 3.05) is 18.2 Å². The molecule has 3 rings (SSSR count). The van der Waals surface area contributed by atoms with Crippen molar-refractivity contribution < 1.29 is 4.74 Å². The van der Waals surface area contributed by atoms with Gasteiger partial charge in [-0.15, -0.1) is 0 Å². The number of rotatable bonds is 4. The summed E-state index contributed by atoms with van der Waals surface area (Å²) in [6.07, 6.45) is 6.18. The molecule has 2 aromatic rings. The number of nitrogens with one attached hydrogen (secondary N) is 1. The Morgan fingerprint density at radius 3 is 2.81 bits per heavy atom. The smallest absolute Gasteiger partial charge is 0.241 e. The number of hydrogen-bond acceptors (Lipinski definition) is 7. The molecule has 1 aliphatic rings.